The van der Waals surface area contributed by atoms with Gasteiger partial charge in [-0.25, -0.2) is 13.1 Å². The molecule has 0 unspecified atom stereocenters. The molecule has 146 valence electrons. The summed E-state index contributed by atoms with van der Waals surface area (Å²) in [5, 5.41) is 3.88. The number of hydrogen-bond acceptors (Lipinski definition) is 7. The zero-order chi connectivity index (χ0) is 19.4. The number of methoxy groups -OCH3 is 1. The second-order valence-electron chi connectivity index (χ2n) is 6.45. The molecule has 0 bridgehead atoms. The van der Waals surface area contributed by atoms with Gasteiger partial charge in [-0.1, -0.05) is 4.49 Å². The van der Waals surface area contributed by atoms with Crippen LogP contribution in [0.2, 0.25) is 0 Å². The van der Waals surface area contributed by atoms with E-state index in [-0.39, 0.29) is 16.7 Å². The number of likely N-dealkylation sites (tertiary alicyclic amines) is 1. The van der Waals surface area contributed by atoms with Crippen molar-refractivity contribution in [1.29, 1.82) is 0 Å². The molecule has 1 aliphatic rings. The van der Waals surface area contributed by atoms with Crippen LogP contribution in [0.4, 0.5) is 0 Å². The maximum absolute atomic E-state index is 12.5. The first kappa shape index (κ1) is 19.7. The molecule has 2 aromatic rings. The number of nitrogens with one attached hydrogen (secondary N) is 1. The van der Waals surface area contributed by atoms with Crippen molar-refractivity contribution in [2.75, 3.05) is 26.7 Å². The predicted octanol–water partition coefficient (Wildman–Crippen LogP) is 1.69. The lowest BCUT2D eigenvalue weighted by Gasteiger charge is -2.31. The van der Waals surface area contributed by atoms with Gasteiger partial charge in [-0.15, -0.1) is 5.10 Å². The first-order chi connectivity index (χ1) is 12.9. The summed E-state index contributed by atoms with van der Waals surface area (Å²) in [6.07, 6.45) is 1.50. The highest BCUT2D eigenvalue weighted by atomic mass is 32.2. The lowest BCUT2D eigenvalue weighted by molar-refractivity contribution is 0.0696. The van der Waals surface area contributed by atoms with Crippen LogP contribution in [0.1, 0.15) is 28.2 Å². The SMILES string of the molecule is COc1ccc(S(=O)(=O)NCC2CCN(C(=O)c3snnc3C)CC2)cc1. The zero-order valence-corrected chi connectivity index (χ0v) is 16.8. The van der Waals surface area contributed by atoms with Crippen molar-refractivity contribution in [1.82, 2.24) is 19.2 Å². The fourth-order valence-corrected chi connectivity index (χ4v) is 4.72. The summed E-state index contributed by atoms with van der Waals surface area (Å²) in [4.78, 5) is 15.1. The number of carbonyl (C=O) groups excluding carboxylic acids is 1. The van der Waals surface area contributed by atoms with Crippen molar-refractivity contribution in [2.45, 2.75) is 24.7 Å². The second-order valence-corrected chi connectivity index (χ2v) is 8.97. The molecule has 1 aromatic carbocycles. The van der Waals surface area contributed by atoms with Crippen molar-refractivity contribution < 1.29 is 17.9 Å². The van der Waals surface area contributed by atoms with Crippen LogP contribution in [-0.2, 0) is 10.0 Å². The number of aromatic nitrogens is 2. The molecule has 1 aromatic heterocycles. The minimum atomic E-state index is -3.56. The van der Waals surface area contributed by atoms with Crippen LogP contribution in [0.25, 0.3) is 0 Å². The molecule has 1 fully saturated rings. The number of piperidine rings is 1. The maximum atomic E-state index is 12.5. The van der Waals surface area contributed by atoms with Crippen LogP contribution < -0.4 is 9.46 Å². The number of ether oxygens (including phenoxy) is 1. The first-order valence-electron chi connectivity index (χ1n) is 8.62. The van der Waals surface area contributed by atoms with Gasteiger partial charge in [0, 0.05) is 19.6 Å². The Morgan fingerprint density at radius 3 is 2.52 bits per heavy atom. The van der Waals surface area contributed by atoms with E-state index in [2.05, 4.69) is 14.3 Å². The predicted molar refractivity (Wildman–Crippen MR) is 101 cm³/mol. The quantitative estimate of drug-likeness (QED) is 0.778. The molecule has 2 heterocycles. The molecule has 0 saturated carbocycles. The minimum absolute atomic E-state index is 0.0419. The van der Waals surface area contributed by atoms with Crippen LogP contribution >= 0.6 is 11.5 Å². The number of nitrogens with zero attached hydrogens (tertiary/aromatic N) is 3. The summed E-state index contributed by atoms with van der Waals surface area (Å²) in [5.74, 6) is 0.764. The maximum Gasteiger partial charge on any atom is 0.267 e. The van der Waals surface area contributed by atoms with Gasteiger partial charge in [-0.2, -0.15) is 0 Å². The van der Waals surface area contributed by atoms with Gasteiger partial charge in [-0.05, 0) is 61.5 Å². The summed E-state index contributed by atoms with van der Waals surface area (Å²) >= 11 is 1.11. The molecule has 1 amide bonds. The molecule has 0 radical (unpaired) electrons. The molecule has 0 atom stereocenters. The standard InChI is InChI=1S/C17H22N4O4S2/c1-12-16(26-20-19-12)17(22)21-9-7-13(8-10-21)11-18-27(23,24)15-5-3-14(25-2)4-6-15/h3-6,13,18H,7-11H2,1-2H3. The summed E-state index contributed by atoms with van der Waals surface area (Å²) in [7, 11) is -2.02. The lowest BCUT2D eigenvalue weighted by Crippen LogP contribution is -2.41. The Bertz CT molecular complexity index is 888. The Hall–Kier alpha value is -2.04. The number of carbonyl (C=O) groups is 1. The molecule has 27 heavy (non-hydrogen) atoms. The van der Waals surface area contributed by atoms with Crippen molar-refractivity contribution >= 4 is 27.5 Å². The normalized spacial score (nSPS) is 15.7. The Labute approximate surface area is 162 Å². The van der Waals surface area contributed by atoms with Crippen LogP contribution in [-0.4, -0.2) is 55.6 Å². The molecular weight excluding hydrogens is 388 g/mol. The second kappa shape index (κ2) is 8.32. The van der Waals surface area contributed by atoms with Gasteiger partial charge in [0.25, 0.3) is 5.91 Å². The number of rotatable bonds is 6. The third-order valence-corrected chi connectivity index (χ3v) is 6.93. The van der Waals surface area contributed by atoms with E-state index in [0.29, 0.717) is 36.0 Å². The Kier molecular flexibility index (Phi) is 6.08. The van der Waals surface area contributed by atoms with Gasteiger partial charge in [0.05, 0.1) is 17.7 Å². The highest BCUT2D eigenvalue weighted by Crippen LogP contribution is 2.21. The van der Waals surface area contributed by atoms with E-state index >= 15 is 0 Å². The van der Waals surface area contributed by atoms with Crippen LogP contribution in [0.3, 0.4) is 0 Å². The molecule has 10 heteroatoms. The van der Waals surface area contributed by atoms with Crippen molar-refractivity contribution in [3.8, 4) is 5.75 Å². The Morgan fingerprint density at radius 1 is 1.30 bits per heavy atom. The lowest BCUT2D eigenvalue weighted by atomic mass is 9.97. The summed E-state index contributed by atoms with van der Waals surface area (Å²) in [6, 6.07) is 6.28. The van der Waals surface area contributed by atoms with Crippen molar-refractivity contribution in [3.63, 3.8) is 0 Å². The molecule has 1 saturated heterocycles. The smallest absolute Gasteiger partial charge is 0.267 e. The van der Waals surface area contributed by atoms with Crippen LogP contribution in [0.15, 0.2) is 29.2 Å². The molecule has 1 aliphatic heterocycles. The van der Waals surface area contributed by atoms with Gasteiger partial charge in [0.2, 0.25) is 10.0 Å². The fourth-order valence-electron chi connectivity index (χ4n) is 2.98. The summed E-state index contributed by atoms with van der Waals surface area (Å²) in [6.45, 7) is 3.34. The number of amides is 1. The van der Waals surface area contributed by atoms with E-state index in [1.807, 2.05) is 0 Å². The Morgan fingerprint density at radius 2 is 1.96 bits per heavy atom. The monoisotopic (exact) mass is 410 g/mol. The van der Waals surface area contributed by atoms with E-state index in [1.54, 1.807) is 24.0 Å². The van der Waals surface area contributed by atoms with E-state index < -0.39 is 10.0 Å². The number of hydrogen-bond donors (Lipinski definition) is 1. The summed E-state index contributed by atoms with van der Waals surface area (Å²) in [5.41, 5.74) is 0.652. The van der Waals surface area contributed by atoms with Crippen LogP contribution in [0, 0.1) is 12.8 Å². The fraction of sp³-hybridized carbons (Fsp3) is 0.471. The van der Waals surface area contributed by atoms with Gasteiger partial charge in [0.15, 0.2) is 0 Å². The van der Waals surface area contributed by atoms with Gasteiger partial charge in [0.1, 0.15) is 10.6 Å². The van der Waals surface area contributed by atoms with Gasteiger partial charge >= 0.3 is 0 Å². The zero-order valence-electron chi connectivity index (χ0n) is 15.2. The first-order valence-corrected chi connectivity index (χ1v) is 10.9. The highest BCUT2D eigenvalue weighted by molar-refractivity contribution is 7.89. The average molecular weight is 411 g/mol. The molecule has 0 spiro atoms. The minimum Gasteiger partial charge on any atom is -0.497 e. The number of aryl methyl sites for hydroxylation is 1. The molecule has 8 nitrogen and oxygen atoms in total. The molecule has 3 rings (SSSR count). The highest BCUT2D eigenvalue weighted by Gasteiger charge is 2.27. The van der Waals surface area contributed by atoms with Gasteiger partial charge < -0.3 is 9.64 Å². The molecule has 1 N–H and O–H groups in total. The number of sulfonamides is 1. The van der Waals surface area contributed by atoms with Crippen molar-refractivity contribution in [2.24, 2.45) is 5.92 Å². The van der Waals surface area contributed by atoms with E-state index in [4.69, 9.17) is 4.74 Å². The Balaban J connectivity index is 1.51. The van der Waals surface area contributed by atoms with E-state index in [0.717, 1.165) is 24.4 Å². The average Bonchev–Trinajstić information content (AvgIpc) is 3.12. The number of benzene rings is 1. The summed E-state index contributed by atoms with van der Waals surface area (Å²) < 4.78 is 36.3. The van der Waals surface area contributed by atoms with Crippen LogP contribution in [0.5, 0.6) is 5.75 Å². The third kappa shape index (κ3) is 4.63. The third-order valence-electron chi connectivity index (χ3n) is 4.68. The van der Waals surface area contributed by atoms with Crippen molar-refractivity contribution in [3.05, 3.63) is 34.8 Å². The van der Waals surface area contributed by atoms with Gasteiger partial charge in [-0.3, -0.25) is 4.79 Å². The molecular formula is C17H22N4O4S2. The largest absolute Gasteiger partial charge is 0.497 e. The van der Waals surface area contributed by atoms with E-state index in [1.165, 1.54) is 19.2 Å². The topological polar surface area (TPSA) is 101 Å². The van der Waals surface area contributed by atoms with E-state index in [9.17, 15) is 13.2 Å². The molecule has 0 aliphatic carbocycles.